The Morgan fingerprint density at radius 3 is 2.48 bits per heavy atom. The molecule has 0 unspecified atom stereocenters. The number of hydrogen-bond donors (Lipinski definition) is 0. The van der Waals surface area contributed by atoms with E-state index in [0.29, 0.717) is 36.9 Å². The third-order valence-electron chi connectivity index (χ3n) is 6.25. The summed E-state index contributed by atoms with van der Waals surface area (Å²) in [5.74, 6) is 1.10. The van der Waals surface area contributed by atoms with Crippen LogP contribution in [0, 0.1) is 25.7 Å². The van der Waals surface area contributed by atoms with Crippen molar-refractivity contribution in [3.63, 3.8) is 0 Å². The molecule has 1 aromatic carbocycles. The maximum Gasteiger partial charge on any atom is 0.254 e. The molecule has 0 spiro atoms. The molecule has 2 aliphatic rings. The lowest BCUT2D eigenvalue weighted by atomic mass is 10.0. The zero-order valence-corrected chi connectivity index (χ0v) is 17.8. The third kappa shape index (κ3) is 4.11. The number of amides is 2. The molecule has 1 saturated heterocycles. The van der Waals surface area contributed by atoms with Gasteiger partial charge in [-0.15, -0.1) is 0 Å². The van der Waals surface area contributed by atoms with Gasteiger partial charge >= 0.3 is 0 Å². The fourth-order valence-corrected chi connectivity index (χ4v) is 4.09. The zero-order valence-electron chi connectivity index (χ0n) is 17.8. The lowest BCUT2D eigenvalue weighted by Gasteiger charge is -2.34. The van der Waals surface area contributed by atoms with Crippen LogP contribution in [0.2, 0.25) is 0 Å². The Morgan fingerprint density at radius 1 is 1.14 bits per heavy atom. The first-order valence-electron chi connectivity index (χ1n) is 10.7. The summed E-state index contributed by atoms with van der Waals surface area (Å²) >= 11 is 0. The Kier molecular flexibility index (Phi) is 5.28. The van der Waals surface area contributed by atoms with Crippen molar-refractivity contribution in [3.8, 4) is 0 Å². The topological polar surface area (TPSA) is 66.4 Å². The van der Waals surface area contributed by atoms with E-state index >= 15 is 0 Å². The van der Waals surface area contributed by atoms with Gasteiger partial charge in [-0.3, -0.25) is 9.59 Å². The van der Waals surface area contributed by atoms with E-state index in [-0.39, 0.29) is 17.9 Å². The van der Waals surface area contributed by atoms with Crippen LogP contribution in [0.1, 0.15) is 54.9 Å². The second kappa shape index (κ2) is 7.73. The Balaban J connectivity index is 1.59. The number of carbonyl (C=O) groups excluding carboxylic acids is 2. The highest BCUT2D eigenvalue weighted by Gasteiger charge is 2.36. The van der Waals surface area contributed by atoms with Crippen LogP contribution in [0.4, 0.5) is 0 Å². The van der Waals surface area contributed by atoms with Gasteiger partial charge in [0.25, 0.3) is 5.91 Å². The van der Waals surface area contributed by atoms with Gasteiger partial charge in [0, 0.05) is 31.6 Å². The van der Waals surface area contributed by atoms with E-state index in [4.69, 9.17) is 0 Å². The van der Waals surface area contributed by atoms with Gasteiger partial charge in [-0.25, -0.2) is 9.97 Å². The van der Waals surface area contributed by atoms with Gasteiger partial charge in [-0.05, 0) is 56.7 Å². The van der Waals surface area contributed by atoms with Crippen molar-refractivity contribution in [2.45, 2.75) is 53.0 Å². The van der Waals surface area contributed by atoms with Gasteiger partial charge < -0.3 is 9.80 Å². The van der Waals surface area contributed by atoms with Crippen molar-refractivity contribution in [2.75, 3.05) is 19.6 Å². The average Bonchev–Trinajstić information content (AvgIpc) is 3.51. The molecule has 6 nitrogen and oxygen atoms in total. The number of benzene rings is 1. The maximum absolute atomic E-state index is 13.3. The first kappa shape index (κ1) is 19.8. The van der Waals surface area contributed by atoms with Crippen molar-refractivity contribution in [1.29, 1.82) is 0 Å². The number of aryl methyl sites for hydroxylation is 2. The number of fused-ring (bicyclic) bond motifs is 1. The molecule has 4 rings (SSSR count). The molecule has 2 amide bonds. The van der Waals surface area contributed by atoms with E-state index in [1.54, 1.807) is 0 Å². The third-order valence-corrected chi connectivity index (χ3v) is 6.25. The average molecular weight is 395 g/mol. The maximum atomic E-state index is 13.3. The summed E-state index contributed by atoms with van der Waals surface area (Å²) in [6.07, 6.45) is 2.83. The van der Waals surface area contributed by atoms with E-state index in [1.807, 2.05) is 41.8 Å². The Hall–Kier alpha value is -2.50. The second-order valence-electron chi connectivity index (χ2n) is 8.90. The molecule has 1 atom stereocenters. The highest BCUT2D eigenvalue weighted by Crippen LogP contribution is 2.32. The molecule has 1 aromatic heterocycles. The van der Waals surface area contributed by atoms with Crippen LogP contribution in [-0.2, 0) is 4.79 Å². The number of hydrogen-bond acceptors (Lipinski definition) is 4. The summed E-state index contributed by atoms with van der Waals surface area (Å²) in [6, 6.07) is 5.59. The smallest absolute Gasteiger partial charge is 0.254 e. The van der Waals surface area contributed by atoms with Crippen LogP contribution in [0.25, 0.3) is 11.0 Å². The van der Waals surface area contributed by atoms with Crippen LogP contribution in [0.15, 0.2) is 18.2 Å². The number of carbonyl (C=O) groups is 2. The minimum absolute atomic E-state index is 0.0290. The predicted molar refractivity (Wildman–Crippen MR) is 113 cm³/mol. The largest absolute Gasteiger partial charge is 0.337 e. The van der Waals surface area contributed by atoms with E-state index in [1.165, 1.54) is 12.8 Å². The van der Waals surface area contributed by atoms with Gasteiger partial charge in [0.2, 0.25) is 5.91 Å². The van der Waals surface area contributed by atoms with Gasteiger partial charge in [0.05, 0.1) is 28.5 Å². The molecule has 1 saturated carbocycles. The molecule has 0 N–H and O–H groups in total. The Morgan fingerprint density at radius 2 is 1.83 bits per heavy atom. The quantitative estimate of drug-likeness (QED) is 0.798. The van der Waals surface area contributed by atoms with E-state index in [0.717, 1.165) is 29.0 Å². The van der Waals surface area contributed by atoms with Crippen molar-refractivity contribution in [3.05, 3.63) is 35.2 Å². The minimum Gasteiger partial charge on any atom is -0.337 e. The second-order valence-corrected chi connectivity index (χ2v) is 8.90. The fourth-order valence-electron chi connectivity index (χ4n) is 4.09. The molecule has 0 radical (unpaired) electrons. The van der Waals surface area contributed by atoms with Crippen LogP contribution in [0.3, 0.4) is 0 Å². The van der Waals surface area contributed by atoms with E-state index in [9.17, 15) is 9.59 Å². The summed E-state index contributed by atoms with van der Waals surface area (Å²) < 4.78 is 0. The van der Waals surface area contributed by atoms with Crippen molar-refractivity contribution >= 4 is 22.8 Å². The monoisotopic (exact) mass is 394 g/mol. The summed E-state index contributed by atoms with van der Waals surface area (Å²) in [4.78, 5) is 39.2. The van der Waals surface area contributed by atoms with Crippen LogP contribution >= 0.6 is 0 Å². The molecule has 2 heterocycles. The molecule has 2 fully saturated rings. The first-order chi connectivity index (χ1) is 13.8. The van der Waals surface area contributed by atoms with Crippen LogP contribution < -0.4 is 0 Å². The van der Waals surface area contributed by atoms with Crippen molar-refractivity contribution < 1.29 is 9.59 Å². The normalized spacial score (nSPS) is 20.4. The van der Waals surface area contributed by atoms with Crippen LogP contribution in [-0.4, -0.2) is 57.3 Å². The number of nitrogens with zero attached hydrogens (tertiary/aromatic N) is 4. The Labute approximate surface area is 172 Å². The highest BCUT2D eigenvalue weighted by molar-refractivity contribution is 5.97. The van der Waals surface area contributed by atoms with Gasteiger partial charge in [0.1, 0.15) is 0 Å². The van der Waals surface area contributed by atoms with E-state index in [2.05, 4.69) is 23.8 Å². The highest BCUT2D eigenvalue weighted by atomic mass is 16.2. The predicted octanol–water partition coefficient (Wildman–Crippen LogP) is 3.36. The standard InChI is InChI=1S/C23H30N4O2/c1-14(2)21-13-26(10-9-22(28)27(21)12-17-5-6-17)23(29)18-7-8-19-20(11-18)25-16(4)15(3)24-19/h7-8,11,14,17,21H,5-6,9-10,12-13H2,1-4H3/t21-/m0/s1. The lowest BCUT2D eigenvalue weighted by Crippen LogP contribution is -2.48. The molecule has 6 heteroatoms. The molecular formula is C23H30N4O2. The summed E-state index contributed by atoms with van der Waals surface area (Å²) in [6.45, 7) is 10.1. The molecule has 29 heavy (non-hydrogen) atoms. The van der Waals surface area contributed by atoms with Crippen molar-refractivity contribution in [2.24, 2.45) is 11.8 Å². The zero-order chi connectivity index (χ0) is 20.7. The van der Waals surface area contributed by atoms with E-state index < -0.39 is 0 Å². The number of aromatic nitrogens is 2. The summed E-state index contributed by atoms with van der Waals surface area (Å²) in [5, 5.41) is 0. The Bertz CT molecular complexity index is 951. The molecule has 2 aromatic rings. The fraction of sp³-hybridized carbons (Fsp3) is 0.565. The minimum atomic E-state index is -0.0290. The number of rotatable bonds is 4. The van der Waals surface area contributed by atoms with Gasteiger partial charge in [-0.1, -0.05) is 13.8 Å². The lowest BCUT2D eigenvalue weighted by molar-refractivity contribution is -0.133. The SMILES string of the molecule is Cc1nc2ccc(C(=O)N3CCC(=O)N(CC4CC4)[C@H](C(C)C)C3)cc2nc1C. The molecule has 154 valence electrons. The summed E-state index contributed by atoms with van der Waals surface area (Å²) in [5.41, 5.74) is 3.92. The van der Waals surface area contributed by atoms with Crippen molar-refractivity contribution in [1.82, 2.24) is 19.8 Å². The molecule has 1 aliphatic heterocycles. The molecule has 1 aliphatic carbocycles. The first-order valence-corrected chi connectivity index (χ1v) is 10.7. The summed E-state index contributed by atoms with van der Waals surface area (Å²) in [7, 11) is 0. The molecule has 0 bridgehead atoms. The van der Waals surface area contributed by atoms with Crippen LogP contribution in [0.5, 0.6) is 0 Å². The molecular weight excluding hydrogens is 364 g/mol. The van der Waals surface area contributed by atoms with Gasteiger partial charge in [-0.2, -0.15) is 0 Å². The van der Waals surface area contributed by atoms with Gasteiger partial charge in [0.15, 0.2) is 0 Å².